The maximum absolute atomic E-state index is 10.1. The van der Waals surface area contributed by atoms with Gasteiger partial charge in [0.2, 0.25) is 0 Å². The minimum Gasteiger partial charge on any atom is -0.508 e. The van der Waals surface area contributed by atoms with E-state index in [4.69, 9.17) is 0 Å². The van der Waals surface area contributed by atoms with Crippen molar-refractivity contribution >= 4 is 0 Å². The van der Waals surface area contributed by atoms with Crippen LogP contribution in [0.2, 0.25) is 0 Å². The molecule has 0 aliphatic carbocycles. The smallest absolute Gasteiger partial charge is 0.120 e. The van der Waals surface area contributed by atoms with Crippen LogP contribution in [0.4, 0.5) is 0 Å². The molecular formula is C17H27NO. The minimum atomic E-state index is 0.365. The van der Waals surface area contributed by atoms with E-state index in [1.54, 1.807) is 0 Å². The van der Waals surface area contributed by atoms with Crippen molar-refractivity contribution in [3.8, 4) is 5.75 Å². The molecule has 1 aromatic rings. The zero-order valence-electron chi connectivity index (χ0n) is 12.3. The average molecular weight is 261 g/mol. The Bertz CT molecular complexity index is 391. The quantitative estimate of drug-likeness (QED) is 0.862. The number of phenols is 1. The summed E-state index contributed by atoms with van der Waals surface area (Å²) in [5.41, 5.74) is 1.10. The molecule has 2 nitrogen and oxygen atoms in total. The Labute approximate surface area is 117 Å². The van der Waals surface area contributed by atoms with Gasteiger partial charge in [-0.25, -0.2) is 0 Å². The highest BCUT2D eigenvalue weighted by Crippen LogP contribution is 2.35. The number of hydrogen-bond donors (Lipinski definition) is 1. The molecule has 0 saturated carbocycles. The summed E-state index contributed by atoms with van der Waals surface area (Å²) in [5, 5.41) is 10.1. The Morgan fingerprint density at radius 1 is 1.21 bits per heavy atom. The van der Waals surface area contributed by atoms with Crippen molar-refractivity contribution in [2.24, 2.45) is 0 Å². The molecule has 0 aromatic heterocycles. The van der Waals surface area contributed by atoms with Gasteiger partial charge in [-0.3, -0.25) is 4.90 Å². The van der Waals surface area contributed by atoms with Crippen LogP contribution in [0.15, 0.2) is 24.3 Å². The van der Waals surface area contributed by atoms with Crippen LogP contribution in [0.3, 0.4) is 0 Å². The first-order chi connectivity index (χ1) is 9.27. The van der Waals surface area contributed by atoms with Crippen molar-refractivity contribution in [3.63, 3.8) is 0 Å². The van der Waals surface area contributed by atoms with E-state index in [2.05, 4.69) is 24.8 Å². The van der Waals surface area contributed by atoms with Crippen molar-refractivity contribution in [3.05, 3.63) is 29.8 Å². The third-order valence-electron chi connectivity index (χ3n) is 4.48. The summed E-state index contributed by atoms with van der Waals surface area (Å²) in [6.07, 6.45) is 7.58. The van der Waals surface area contributed by atoms with Gasteiger partial charge in [-0.2, -0.15) is 0 Å². The Morgan fingerprint density at radius 2 is 2.00 bits per heavy atom. The van der Waals surface area contributed by atoms with Gasteiger partial charge >= 0.3 is 0 Å². The number of rotatable bonds is 4. The molecule has 1 aliphatic rings. The van der Waals surface area contributed by atoms with Crippen LogP contribution >= 0.6 is 0 Å². The van der Waals surface area contributed by atoms with E-state index in [0.717, 1.165) is 12.0 Å². The maximum Gasteiger partial charge on any atom is 0.120 e. The third-order valence-corrected chi connectivity index (χ3v) is 4.48. The number of benzene rings is 1. The molecule has 1 aliphatic heterocycles. The first-order valence-corrected chi connectivity index (χ1v) is 7.81. The van der Waals surface area contributed by atoms with Crippen LogP contribution < -0.4 is 0 Å². The molecular weight excluding hydrogens is 234 g/mol. The molecule has 0 spiro atoms. The molecule has 2 atom stereocenters. The zero-order chi connectivity index (χ0) is 13.7. The molecule has 1 saturated heterocycles. The predicted molar refractivity (Wildman–Crippen MR) is 80.4 cm³/mol. The fourth-order valence-electron chi connectivity index (χ4n) is 3.45. The van der Waals surface area contributed by atoms with Crippen molar-refractivity contribution in [1.82, 2.24) is 4.90 Å². The third kappa shape index (κ3) is 3.30. The Morgan fingerprint density at radius 3 is 2.68 bits per heavy atom. The van der Waals surface area contributed by atoms with Crippen LogP contribution in [0.25, 0.3) is 0 Å². The Hall–Kier alpha value is -1.02. The predicted octanol–water partition coefficient (Wildman–Crippen LogP) is 4.50. The molecule has 2 unspecified atom stereocenters. The lowest BCUT2D eigenvalue weighted by atomic mass is 9.98. The average Bonchev–Trinajstić information content (AvgIpc) is 2.67. The maximum atomic E-state index is 10.1. The molecule has 2 rings (SSSR count). The van der Waals surface area contributed by atoms with Crippen molar-refractivity contribution in [2.45, 2.75) is 64.5 Å². The van der Waals surface area contributed by atoms with E-state index < -0.39 is 0 Å². The van der Waals surface area contributed by atoms with E-state index in [-0.39, 0.29) is 0 Å². The van der Waals surface area contributed by atoms with Crippen molar-refractivity contribution < 1.29 is 5.11 Å². The number of hydrogen-bond acceptors (Lipinski definition) is 2. The summed E-state index contributed by atoms with van der Waals surface area (Å²) in [5.74, 6) is 0.452. The van der Waals surface area contributed by atoms with Crippen molar-refractivity contribution in [2.75, 3.05) is 6.54 Å². The van der Waals surface area contributed by atoms with Gasteiger partial charge in [0, 0.05) is 17.6 Å². The van der Waals surface area contributed by atoms with Gasteiger partial charge in [-0.15, -0.1) is 0 Å². The lowest BCUT2D eigenvalue weighted by Crippen LogP contribution is -2.37. The highest BCUT2D eigenvalue weighted by molar-refractivity contribution is 5.34. The first-order valence-electron chi connectivity index (χ1n) is 7.81. The van der Waals surface area contributed by atoms with E-state index in [0.29, 0.717) is 17.8 Å². The first kappa shape index (κ1) is 14.4. The molecule has 0 amide bonds. The van der Waals surface area contributed by atoms with Crippen LogP contribution in [0, 0.1) is 0 Å². The molecule has 1 fully saturated rings. The highest BCUT2D eigenvalue weighted by Gasteiger charge is 2.27. The van der Waals surface area contributed by atoms with Gasteiger partial charge in [-0.05, 0) is 38.3 Å². The van der Waals surface area contributed by atoms with Crippen LogP contribution in [0.5, 0.6) is 5.75 Å². The lowest BCUT2D eigenvalue weighted by molar-refractivity contribution is 0.126. The summed E-state index contributed by atoms with van der Waals surface area (Å²) in [4.78, 5) is 2.64. The van der Waals surface area contributed by atoms with E-state index in [1.807, 2.05) is 18.2 Å². The van der Waals surface area contributed by atoms with E-state index >= 15 is 0 Å². The van der Waals surface area contributed by atoms with Crippen molar-refractivity contribution in [1.29, 1.82) is 0 Å². The van der Waals surface area contributed by atoms with Gasteiger partial charge in [0.1, 0.15) is 5.75 Å². The normalized spacial score (nSPS) is 22.9. The second-order valence-electron chi connectivity index (χ2n) is 5.63. The molecule has 0 bridgehead atoms. The monoisotopic (exact) mass is 261 g/mol. The molecule has 1 N–H and O–H groups in total. The van der Waals surface area contributed by atoms with Gasteiger partial charge in [0.25, 0.3) is 0 Å². The standard InChI is InChI=1S/C17H27NO/c1-3-14-10-6-5-9-13-18(14)16(4-2)15-11-7-8-12-17(15)19/h7-8,11-12,14,16,19H,3-6,9-10,13H2,1-2H3. The number of phenolic OH excluding ortho intramolecular Hbond substituents is 1. The highest BCUT2D eigenvalue weighted by atomic mass is 16.3. The molecule has 19 heavy (non-hydrogen) atoms. The SMILES string of the molecule is CCC1CCCCCN1C(CC)c1ccccc1O. The largest absolute Gasteiger partial charge is 0.508 e. The summed E-state index contributed by atoms with van der Waals surface area (Å²) in [7, 11) is 0. The van der Waals surface area contributed by atoms with Crippen LogP contribution in [0.1, 0.15) is 64.0 Å². The fourth-order valence-corrected chi connectivity index (χ4v) is 3.45. The van der Waals surface area contributed by atoms with Gasteiger partial charge in [0.15, 0.2) is 0 Å². The fraction of sp³-hybridized carbons (Fsp3) is 0.647. The van der Waals surface area contributed by atoms with Gasteiger partial charge < -0.3 is 5.11 Å². The molecule has 2 heteroatoms. The van der Waals surface area contributed by atoms with Gasteiger partial charge in [0.05, 0.1) is 0 Å². The summed E-state index contributed by atoms with van der Waals surface area (Å²) in [6.45, 7) is 5.70. The molecule has 1 aromatic carbocycles. The number of aromatic hydroxyl groups is 1. The molecule has 106 valence electrons. The number of nitrogens with zero attached hydrogens (tertiary/aromatic N) is 1. The van der Waals surface area contributed by atoms with E-state index in [9.17, 15) is 5.11 Å². The van der Waals surface area contributed by atoms with Crippen LogP contribution in [-0.4, -0.2) is 22.6 Å². The summed E-state index contributed by atoms with van der Waals surface area (Å²) >= 11 is 0. The summed E-state index contributed by atoms with van der Waals surface area (Å²) in [6, 6.07) is 8.89. The number of likely N-dealkylation sites (tertiary alicyclic amines) is 1. The minimum absolute atomic E-state index is 0.365. The second-order valence-corrected chi connectivity index (χ2v) is 5.63. The van der Waals surface area contributed by atoms with Gasteiger partial charge in [-0.1, -0.05) is 44.9 Å². The molecule has 0 radical (unpaired) electrons. The number of para-hydroxylation sites is 1. The molecule has 1 heterocycles. The lowest BCUT2D eigenvalue weighted by Gasteiger charge is -2.36. The topological polar surface area (TPSA) is 23.5 Å². The van der Waals surface area contributed by atoms with Crippen LogP contribution in [-0.2, 0) is 0 Å². The Balaban J connectivity index is 2.26. The second kappa shape index (κ2) is 6.95. The zero-order valence-corrected chi connectivity index (χ0v) is 12.3. The van der Waals surface area contributed by atoms with E-state index in [1.165, 1.54) is 38.6 Å². The summed E-state index contributed by atoms with van der Waals surface area (Å²) < 4.78 is 0. The Kier molecular flexibility index (Phi) is 5.26.